The predicted molar refractivity (Wildman–Crippen MR) is 80.7 cm³/mol. The Balaban J connectivity index is 0.00000242. The molecule has 10 heteroatoms. The highest BCUT2D eigenvalue weighted by atomic mass is 35.5. The fourth-order valence-corrected chi connectivity index (χ4v) is 2.33. The number of carbonyl (C=O) groups excluding carboxylic acids is 1. The molecule has 0 saturated heterocycles. The molecule has 0 aliphatic rings. The molecule has 1 heterocycles. The molecule has 0 radical (unpaired) electrons. The number of hydrogen-bond donors (Lipinski definition) is 2. The third kappa shape index (κ3) is 5.00. The van der Waals surface area contributed by atoms with Gasteiger partial charge in [0.1, 0.15) is 5.75 Å². The zero-order chi connectivity index (χ0) is 15.6. The Morgan fingerprint density at radius 1 is 1.50 bits per heavy atom. The topological polar surface area (TPSA) is 77.2 Å². The van der Waals surface area contributed by atoms with Crippen LogP contribution in [0.2, 0.25) is 0 Å². The highest BCUT2D eigenvalue weighted by Crippen LogP contribution is 2.30. The van der Waals surface area contributed by atoms with Gasteiger partial charge in [-0.2, -0.15) is 13.2 Å². The summed E-state index contributed by atoms with van der Waals surface area (Å²) in [5.41, 5.74) is 5.98. The normalized spacial score (nSPS) is 12.6. The average Bonchev–Trinajstić information content (AvgIpc) is 2.76. The van der Waals surface area contributed by atoms with Gasteiger partial charge in [0.05, 0.1) is 16.3 Å². The van der Waals surface area contributed by atoms with Crippen molar-refractivity contribution in [1.82, 2.24) is 4.98 Å². The molecular weight excluding hydrogens is 343 g/mol. The molecule has 122 valence electrons. The Labute approximate surface area is 134 Å². The second-order valence-corrected chi connectivity index (χ2v) is 5.36. The molecule has 5 nitrogen and oxygen atoms in total. The summed E-state index contributed by atoms with van der Waals surface area (Å²) >= 11 is 1.13. The van der Waals surface area contributed by atoms with Crippen LogP contribution in [0.1, 0.15) is 6.92 Å². The molecule has 0 spiro atoms. The predicted octanol–water partition coefficient (Wildman–Crippen LogP) is 2.94. The molecule has 2 rings (SSSR count). The standard InChI is InChI=1S/C12H12F3N3O2S.ClH/c1-6(16)10(19)18-11-17-8-3-2-7(4-9(8)21-11)20-5-12(13,14)15;/h2-4,6H,5,16H2,1H3,(H,17,18,19);1H/t6-;/m0./s1. The molecule has 0 aliphatic heterocycles. The Hall–Kier alpha value is -1.58. The second-order valence-electron chi connectivity index (χ2n) is 4.33. The van der Waals surface area contributed by atoms with Gasteiger partial charge >= 0.3 is 6.18 Å². The van der Waals surface area contributed by atoms with Crippen LogP contribution in [0.3, 0.4) is 0 Å². The lowest BCUT2D eigenvalue weighted by molar-refractivity contribution is -0.153. The van der Waals surface area contributed by atoms with Crippen molar-refractivity contribution in [3.05, 3.63) is 18.2 Å². The van der Waals surface area contributed by atoms with E-state index in [1.807, 2.05) is 0 Å². The molecule has 0 fully saturated rings. The van der Waals surface area contributed by atoms with Crippen LogP contribution >= 0.6 is 23.7 Å². The van der Waals surface area contributed by atoms with Gasteiger partial charge in [0.25, 0.3) is 0 Å². The van der Waals surface area contributed by atoms with E-state index in [0.29, 0.717) is 15.3 Å². The van der Waals surface area contributed by atoms with Crippen LogP contribution in [-0.4, -0.2) is 29.7 Å². The van der Waals surface area contributed by atoms with Crippen molar-refractivity contribution in [3.8, 4) is 5.75 Å². The van der Waals surface area contributed by atoms with Gasteiger partial charge in [-0.15, -0.1) is 12.4 Å². The third-order valence-electron chi connectivity index (χ3n) is 2.41. The summed E-state index contributed by atoms with van der Waals surface area (Å²) in [5.74, 6) is -0.295. The van der Waals surface area contributed by atoms with Crippen LogP contribution in [0.5, 0.6) is 5.75 Å². The van der Waals surface area contributed by atoms with Crippen LogP contribution in [0, 0.1) is 0 Å². The van der Waals surface area contributed by atoms with Gasteiger partial charge in [0.2, 0.25) is 5.91 Å². The number of nitrogens with zero attached hydrogens (tertiary/aromatic N) is 1. The van der Waals surface area contributed by atoms with E-state index >= 15 is 0 Å². The minimum Gasteiger partial charge on any atom is -0.484 e. The Kier molecular flexibility index (Phi) is 5.98. The van der Waals surface area contributed by atoms with Crippen molar-refractivity contribution in [3.63, 3.8) is 0 Å². The molecular formula is C12H13ClF3N3O2S. The fourth-order valence-electron chi connectivity index (χ4n) is 1.43. The number of alkyl halides is 3. The lowest BCUT2D eigenvalue weighted by Crippen LogP contribution is -2.32. The molecule has 22 heavy (non-hydrogen) atoms. The number of rotatable bonds is 4. The molecule has 1 aromatic heterocycles. The zero-order valence-corrected chi connectivity index (χ0v) is 12.9. The molecule has 0 saturated carbocycles. The summed E-state index contributed by atoms with van der Waals surface area (Å²) in [4.78, 5) is 15.6. The number of ether oxygens (including phenoxy) is 1. The highest BCUT2D eigenvalue weighted by Gasteiger charge is 2.28. The van der Waals surface area contributed by atoms with Crippen LogP contribution in [-0.2, 0) is 4.79 Å². The van der Waals surface area contributed by atoms with Gasteiger partial charge in [-0.25, -0.2) is 4.98 Å². The van der Waals surface area contributed by atoms with Crippen molar-refractivity contribution in [2.45, 2.75) is 19.1 Å². The van der Waals surface area contributed by atoms with Crippen LogP contribution in [0.25, 0.3) is 10.2 Å². The summed E-state index contributed by atoms with van der Waals surface area (Å²) in [7, 11) is 0. The van der Waals surface area contributed by atoms with Crippen LogP contribution in [0.4, 0.5) is 18.3 Å². The maximum Gasteiger partial charge on any atom is 0.422 e. The SMILES string of the molecule is C[C@H](N)C(=O)Nc1nc2ccc(OCC(F)(F)F)cc2s1.Cl. The summed E-state index contributed by atoms with van der Waals surface area (Å²) in [6.45, 7) is 0.178. The summed E-state index contributed by atoms with van der Waals surface area (Å²) < 4.78 is 41.5. The van der Waals surface area contributed by atoms with Crippen LogP contribution in [0.15, 0.2) is 18.2 Å². The molecule has 2 aromatic rings. The number of benzene rings is 1. The average molecular weight is 356 g/mol. The molecule has 0 bridgehead atoms. The maximum absolute atomic E-state index is 12.1. The third-order valence-corrected chi connectivity index (χ3v) is 3.34. The number of fused-ring (bicyclic) bond motifs is 1. The van der Waals surface area contributed by atoms with Gasteiger partial charge in [0, 0.05) is 0 Å². The number of aromatic nitrogens is 1. The van der Waals surface area contributed by atoms with Gasteiger partial charge < -0.3 is 15.8 Å². The van der Waals surface area contributed by atoms with E-state index in [4.69, 9.17) is 5.73 Å². The number of hydrogen-bond acceptors (Lipinski definition) is 5. The molecule has 0 unspecified atom stereocenters. The summed E-state index contributed by atoms with van der Waals surface area (Å²) in [6.07, 6.45) is -4.39. The number of carbonyl (C=O) groups is 1. The van der Waals surface area contributed by atoms with Gasteiger partial charge in [-0.05, 0) is 25.1 Å². The number of halogens is 4. The first-order valence-electron chi connectivity index (χ1n) is 5.91. The number of nitrogens with one attached hydrogen (secondary N) is 1. The van der Waals surface area contributed by atoms with Gasteiger partial charge in [-0.3, -0.25) is 4.79 Å². The quantitative estimate of drug-likeness (QED) is 0.884. The highest BCUT2D eigenvalue weighted by molar-refractivity contribution is 7.22. The summed E-state index contributed by atoms with van der Waals surface area (Å²) in [5, 5.41) is 2.86. The minimum atomic E-state index is -4.39. The second kappa shape index (κ2) is 7.12. The first-order chi connectivity index (χ1) is 9.74. The van der Waals surface area contributed by atoms with E-state index in [-0.39, 0.29) is 24.1 Å². The van der Waals surface area contributed by atoms with Crippen molar-refractivity contribution in [2.24, 2.45) is 5.73 Å². The number of anilines is 1. The van der Waals surface area contributed by atoms with Crippen LogP contribution < -0.4 is 15.8 Å². The summed E-state index contributed by atoms with van der Waals surface area (Å²) in [6, 6.07) is 3.69. The molecule has 1 amide bonds. The molecule has 1 aromatic carbocycles. The lowest BCUT2D eigenvalue weighted by Gasteiger charge is -2.08. The van der Waals surface area contributed by atoms with Gasteiger partial charge in [-0.1, -0.05) is 11.3 Å². The van der Waals surface area contributed by atoms with Crippen molar-refractivity contribution in [1.29, 1.82) is 0 Å². The van der Waals surface area contributed by atoms with Crippen molar-refractivity contribution in [2.75, 3.05) is 11.9 Å². The van der Waals surface area contributed by atoms with E-state index in [1.54, 1.807) is 0 Å². The van der Waals surface area contributed by atoms with Gasteiger partial charge in [0.15, 0.2) is 11.7 Å². The number of amides is 1. The van der Waals surface area contributed by atoms with E-state index in [2.05, 4.69) is 15.0 Å². The smallest absolute Gasteiger partial charge is 0.422 e. The van der Waals surface area contributed by atoms with E-state index < -0.39 is 18.8 Å². The molecule has 0 aliphatic carbocycles. The minimum absolute atomic E-state index is 0. The molecule has 3 N–H and O–H groups in total. The Morgan fingerprint density at radius 2 is 2.18 bits per heavy atom. The zero-order valence-electron chi connectivity index (χ0n) is 11.3. The number of thiazole rings is 1. The van der Waals surface area contributed by atoms with Crippen molar-refractivity contribution >= 4 is 45.0 Å². The van der Waals surface area contributed by atoms with E-state index in [9.17, 15) is 18.0 Å². The lowest BCUT2D eigenvalue weighted by atomic mass is 10.3. The first kappa shape index (κ1) is 18.5. The maximum atomic E-state index is 12.1. The van der Waals surface area contributed by atoms with E-state index in [0.717, 1.165) is 11.3 Å². The van der Waals surface area contributed by atoms with Crippen molar-refractivity contribution < 1.29 is 22.7 Å². The monoisotopic (exact) mass is 355 g/mol. The Bertz CT molecular complexity index is 661. The fraction of sp³-hybridized carbons (Fsp3) is 0.333. The molecule has 1 atom stereocenters. The number of nitrogens with two attached hydrogens (primary N) is 1. The van der Waals surface area contributed by atoms with E-state index in [1.165, 1.54) is 25.1 Å². The largest absolute Gasteiger partial charge is 0.484 e. The first-order valence-corrected chi connectivity index (χ1v) is 6.73. The Morgan fingerprint density at radius 3 is 2.77 bits per heavy atom.